The smallest absolute Gasteiger partial charge is 0.271 e. The minimum absolute atomic E-state index is 0.0117. The van der Waals surface area contributed by atoms with Gasteiger partial charge in [0.15, 0.2) is 0 Å². The molecule has 0 saturated heterocycles. The molecule has 0 amide bonds. The number of nitrogen functional groups attached to an aromatic ring is 1. The van der Waals surface area contributed by atoms with E-state index in [1.165, 1.54) is 23.1 Å². The molecule has 0 bridgehead atoms. The summed E-state index contributed by atoms with van der Waals surface area (Å²) >= 11 is 0. The average Bonchev–Trinajstić information content (AvgIpc) is 2.64. The largest absolute Gasteiger partial charge is 0.368 e. The second-order valence-corrected chi connectivity index (χ2v) is 2.81. The predicted octanol–water partition coefficient (Wildman–Crippen LogP) is 0.758. The Balaban J connectivity index is 2.50. The quantitative estimate of drug-likeness (QED) is 0.576. The number of rotatable bonds is 2. The van der Waals surface area contributed by atoms with Crippen LogP contribution in [0.2, 0.25) is 0 Å². The van der Waals surface area contributed by atoms with E-state index in [2.05, 4.69) is 10.1 Å². The van der Waals surface area contributed by atoms with Crippen LogP contribution in [0, 0.1) is 10.1 Å². The Morgan fingerprint density at radius 1 is 1.47 bits per heavy atom. The van der Waals surface area contributed by atoms with E-state index in [9.17, 15) is 10.1 Å². The van der Waals surface area contributed by atoms with Crippen molar-refractivity contribution in [1.29, 1.82) is 0 Å². The molecule has 0 aliphatic carbocycles. The van der Waals surface area contributed by atoms with Gasteiger partial charge in [-0.3, -0.25) is 10.1 Å². The Kier molecular flexibility index (Phi) is 2.05. The van der Waals surface area contributed by atoms with E-state index in [1.807, 2.05) is 0 Å². The molecular formula is C8H7N5O2. The summed E-state index contributed by atoms with van der Waals surface area (Å²) in [6.45, 7) is 0. The molecule has 0 aliphatic rings. The number of nitro benzene ring substituents is 1. The van der Waals surface area contributed by atoms with E-state index in [1.54, 1.807) is 12.1 Å². The van der Waals surface area contributed by atoms with E-state index in [0.29, 0.717) is 5.69 Å². The van der Waals surface area contributed by atoms with Crippen LogP contribution in [0.3, 0.4) is 0 Å². The summed E-state index contributed by atoms with van der Waals surface area (Å²) < 4.78 is 1.33. The predicted molar refractivity (Wildman–Crippen MR) is 52.4 cm³/mol. The number of nitrogens with zero attached hydrogens (tertiary/aromatic N) is 4. The maximum Gasteiger partial charge on any atom is 0.271 e. The molecule has 0 fully saturated rings. The average molecular weight is 205 g/mol. The molecule has 7 heteroatoms. The van der Waals surface area contributed by atoms with E-state index in [0.717, 1.165) is 0 Å². The number of anilines is 1. The van der Waals surface area contributed by atoms with Crippen LogP contribution < -0.4 is 5.73 Å². The fourth-order valence-electron chi connectivity index (χ4n) is 1.19. The number of benzene rings is 1. The Morgan fingerprint density at radius 2 is 2.27 bits per heavy atom. The third-order valence-corrected chi connectivity index (χ3v) is 1.86. The van der Waals surface area contributed by atoms with Gasteiger partial charge in [0, 0.05) is 12.1 Å². The molecule has 0 saturated carbocycles. The fraction of sp³-hybridized carbons (Fsp3) is 0. The van der Waals surface area contributed by atoms with Gasteiger partial charge < -0.3 is 5.73 Å². The Hall–Kier alpha value is -2.44. The lowest BCUT2D eigenvalue weighted by atomic mass is 10.3. The number of hydrogen-bond donors (Lipinski definition) is 1. The lowest BCUT2D eigenvalue weighted by molar-refractivity contribution is -0.384. The molecule has 15 heavy (non-hydrogen) atoms. The molecule has 2 rings (SSSR count). The molecule has 1 aromatic carbocycles. The molecule has 2 aromatic rings. The Labute approximate surface area is 84.3 Å². The number of nitrogens with two attached hydrogens (primary N) is 1. The van der Waals surface area contributed by atoms with Gasteiger partial charge in [-0.15, -0.1) is 0 Å². The SMILES string of the molecule is Nc1ncnn1-c1cccc([N+](=O)[O-])c1. The van der Waals surface area contributed by atoms with Gasteiger partial charge in [-0.1, -0.05) is 6.07 Å². The zero-order chi connectivity index (χ0) is 10.8. The van der Waals surface area contributed by atoms with Gasteiger partial charge in [-0.25, -0.2) is 0 Å². The van der Waals surface area contributed by atoms with E-state index < -0.39 is 4.92 Å². The monoisotopic (exact) mass is 205 g/mol. The minimum Gasteiger partial charge on any atom is -0.368 e. The Bertz CT molecular complexity index is 507. The summed E-state index contributed by atoms with van der Waals surface area (Å²) in [5.41, 5.74) is 6.02. The van der Waals surface area contributed by atoms with E-state index in [-0.39, 0.29) is 11.6 Å². The highest BCUT2D eigenvalue weighted by Crippen LogP contribution is 2.17. The summed E-state index contributed by atoms with van der Waals surface area (Å²) in [4.78, 5) is 13.8. The number of aromatic nitrogens is 3. The standard InChI is InChI=1S/C8H7N5O2/c9-8-10-5-11-12(8)6-2-1-3-7(4-6)13(14)15/h1-5H,(H2,9,10,11). The fourth-order valence-corrected chi connectivity index (χ4v) is 1.19. The second-order valence-electron chi connectivity index (χ2n) is 2.81. The minimum atomic E-state index is -0.476. The normalized spacial score (nSPS) is 10.1. The van der Waals surface area contributed by atoms with Crippen LogP contribution in [0.1, 0.15) is 0 Å². The second kappa shape index (κ2) is 3.37. The molecular weight excluding hydrogens is 198 g/mol. The highest BCUT2D eigenvalue weighted by Gasteiger charge is 2.08. The van der Waals surface area contributed by atoms with Crippen molar-refractivity contribution in [3.63, 3.8) is 0 Å². The van der Waals surface area contributed by atoms with Gasteiger partial charge in [-0.05, 0) is 6.07 Å². The lowest BCUT2D eigenvalue weighted by Gasteiger charge is -2.01. The molecule has 0 unspecified atom stereocenters. The molecule has 1 aromatic heterocycles. The topological polar surface area (TPSA) is 99.9 Å². The van der Waals surface area contributed by atoms with Gasteiger partial charge in [0.05, 0.1) is 10.6 Å². The molecule has 7 nitrogen and oxygen atoms in total. The summed E-state index contributed by atoms with van der Waals surface area (Å²) in [5, 5.41) is 14.4. The molecule has 76 valence electrons. The van der Waals surface area contributed by atoms with Crippen molar-refractivity contribution < 1.29 is 4.92 Å². The van der Waals surface area contributed by atoms with Gasteiger partial charge in [0.1, 0.15) is 6.33 Å². The van der Waals surface area contributed by atoms with Crippen molar-refractivity contribution in [2.24, 2.45) is 0 Å². The molecule has 0 radical (unpaired) electrons. The van der Waals surface area contributed by atoms with E-state index >= 15 is 0 Å². The molecule has 1 heterocycles. The first-order valence-electron chi connectivity index (χ1n) is 4.09. The number of non-ortho nitro benzene ring substituents is 1. The van der Waals surface area contributed by atoms with Crippen molar-refractivity contribution in [3.8, 4) is 5.69 Å². The maximum absolute atomic E-state index is 10.5. The summed E-state index contributed by atoms with van der Waals surface area (Å²) in [6, 6.07) is 6.01. The van der Waals surface area contributed by atoms with Gasteiger partial charge in [0.25, 0.3) is 5.69 Å². The highest BCUT2D eigenvalue weighted by atomic mass is 16.6. The van der Waals surface area contributed by atoms with Crippen molar-refractivity contribution in [2.45, 2.75) is 0 Å². The van der Waals surface area contributed by atoms with Crippen LogP contribution in [0.5, 0.6) is 0 Å². The van der Waals surface area contributed by atoms with Crippen LogP contribution in [-0.2, 0) is 0 Å². The third-order valence-electron chi connectivity index (χ3n) is 1.86. The van der Waals surface area contributed by atoms with Crippen molar-refractivity contribution >= 4 is 11.6 Å². The van der Waals surface area contributed by atoms with Gasteiger partial charge in [-0.2, -0.15) is 14.8 Å². The first-order valence-corrected chi connectivity index (χ1v) is 4.09. The summed E-state index contributed by atoms with van der Waals surface area (Å²) in [6.07, 6.45) is 1.29. The zero-order valence-corrected chi connectivity index (χ0v) is 7.57. The molecule has 0 atom stereocenters. The highest BCUT2D eigenvalue weighted by molar-refractivity contribution is 5.45. The Morgan fingerprint density at radius 3 is 2.87 bits per heavy atom. The third kappa shape index (κ3) is 1.62. The van der Waals surface area contributed by atoms with Crippen LogP contribution >= 0.6 is 0 Å². The lowest BCUT2D eigenvalue weighted by Crippen LogP contribution is -2.02. The molecule has 2 N–H and O–H groups in total. The van der Waals surface area contributed by atoms with Gasteiger partial charge >= 0.3 is 0 Å². The van der Waals surface area contributed by atoms with Crippen molar-refractivity contribution in [3.05, 3.63) is 40.7 Å². The number of hydrogen-bond acceptors (Lipinski definition) is 5. The van der Waals surface area contributed by atoms with Crippen LogP contribution in [0.15, 0.2) is 30.6 Å². The van der Waals surface area contributed by atoms with Crippen molar-refractivity contribution in [1.82, 2.24) is 14.8 Å². The molecule has 0 aliphatic heterocycles. The molecule has 0 spiro atoms. The number of nitro groups is 1. The summed E-state index contributed by atoms with van der Waals surface area (Å²) in [5.74, 6) is 0.190. The van der Waals surface area contributed by atoms with E-state index in [4.69, 9.17) is 5.73 Å². The maximum atomic E-state index is 10.5. The van der Waals surface area contributed by atoms with Crippen LogP contribution in [0.25, 0.3) is 5.69 Å². The first kappa shape index (κ1) is 9.13. The summed E-state index contributed by atoms with van der Waals surface area (Å²) in [7, 11) is 0. The van der Waals surface area contributed by atoms with Crippen LogP contribution in [-0.4, -0.2) is 19.7 Å². The van der Waals surface area contributed by atoms with Crippen molar-refractivity contribution in [2.75, 3.05) is 5.73 Å². The van der Waals surface area contributed by atoms with Gasteiger partial charge in [0.2, 0.25) is 5.95 Å². The zero-order valence-electron chi connectivity index (χ0n) is 7.57. The first-order chi connectivity index (χ1) is 7.18. The van der Waals surface area contributed by atoms with Crippen LogP contribution in [0.4, 0.5) is 11.6 Å².